The third-order valence-corrected chi connectivity index (χ3v) is 11.7. The van der Waals surface area contributed by atoms with Crippen LogP contribution in [0, 0.1) is 52.3 Å². The normalized spacial score (nSPS) is 41.6. The van der Waals surface area contributed by atoms with Crippen molar-refractivity contribution in [1.29, 1.82) is 0 Å². The van der Waals surface area contributed by atoms with Crippen molar-refractivity contribution in [2.24, 2.45) is 52.3 Å². The standard InChI is InChI=1S/C31H55NO3/c1-21(2)8-7-9-22(3)26-12-13-27-25-11-10-23-20-24(34-18-19-35-29(33)32-6)14-16-30(23,4)28(25)15-17-31(26,27)5/h21-28H,7-20H2,1-6H3,(H,32,33)/t22-,23-,24-,25-,26+,27-,28-,30-,31+/m0/s1. The van der Waals surface area contributed by atoms with Crippen LogP contribution in [0.15, 0.2) is 0 Å². The van der Waals surface area contributed by atoms with Gasteiger partial charge in [0.25, 0.3) is 0 Å². The van der Waals surface area contributed by atoms with E-state index < -0.39 is 0 Å². The zero-order valence-electron chi connectivity index (χ0n) is 23.7. The van der Waals surface area contributed by atoms with Crippen LogP contribution in [0.25, 0.3) is 0 Å². The number of hydrogen-bond acceptors (Lipinski definition) is 3. The molecule has 0 aliphatic heterocycles. The van der Waals surface area contributed by atoms with Crippen LogP contribution in [0.3, 0.4) is 0 Å². The fourth-order valence-electron chi connectivity index (χ4n) is 9.82. The van der Waals surface area contributed by atoms with Gasteiger partial charge in [-0.3, -0.25) is 0 Å². The minimum absolute atomic E-state index is 0.342. The van der Waals surface area contributed by atoms with Gasteiger partial charge in [-0.1, -0.05) is 53.9 Å². The number of ether oxygens (including phenoxy) is 2. The van der Waals surface area contributed by atoms with E-state index in [1.54, 1.807) is 7.05 Å². The van der Waals surface area contributed by atoms with Gasteiger partial charge in [-0.2, -0.15) is 0 Å². The summed E-state index contributed by atoms with van der Waals surface area (Å²) >= 11 is 0. The Morgan fingerprint density at radius 3 is 2.40 bits per heavy atom. The van der Waals surface area contributed by atoms with Gasteiger partial charge >= 0.3 is 6.09 Å². The van der Waals surface area contributed by atoms with Crippen LogP contribution < -0.4 is 5.32 Å². The number of alkyl carbamates (subject to hydrolysis) is 1. The summed E-state index contributed by atoms with van der Waals surface area (Å²) in [5.74, 6) is 6.34. The van der Waals surface area contributed by atoms with Crippen molar-refractivity contribution in [3.63, 3.8) is 0 Å². The number of rotatable bonds is 9. The molecule has 1 N–H and O–H groups in total. The Morgan fingerprint density at radius 1 is 0.914 bits per heavy atom. The van der Waals surface area contributed by atoms with Crippen LogP contribution in [0.2, 0.25) is 0 Å². The first kappa shape index (κ1) is 27.3. The van der Waals surface area contributed by atoms with Gasteiger partial charge in [0, 0.05) is 7.05 Å². The van der Waals surface area contributed by atoms with E-state index >= 15 is 0 Å². The zero-order valence-corrected chi connectivity index (χ0v) is 23.7. The quantitative estimate of drug-likeness (QED) is 0.335. The molecule has 4 aliphatic rings. The van der Waals surface area contributed by atoms with E-state index in [0.29, 0.717) is 30.1 Å². The van der Waals surface area contributed by atoms with Crippen LogP contribution in [-0.2, 0) is 9.47 Å². The van der Waals surface area contributed by atoms with Crippen LogP contribution >= 0.6 is 0 Å². The van der Waals surface area contributed by atoms with Gasteiger partial charge in [0.2, 0.25) is 0 Å². The van der Waals surface area contributed by atoms with E-state index in [9.17, 15) is 4.79 Å². The topological polar surface area (TPSA) is 47.6 Å². The van der Waals surface area contributed by atoms with Crippen LogP contribution in [-0.4, -0.2) is 32.5 Å². The lowest BCUT2D eigenvalue weighted by molar-refractivity contribution is -0.138. The Kier molecular flexibility index (Phi) is 8.82. The molecule has 1 amide bonds. The highest BCUT2D eigenvalue weighted by Crippen LogP contribution is 2.68. The maximum absolute atomic E-state index is 11.3. The molecule has 0 aromatic rings. The highest BCUT2D eigenvalue weighted by molar-refractivity contribution is 5.66. The molecule has 0 unspecified atom stereocenters. The Bertz CT molecular complexity index is 709. The molecule has 35 heavy (non-hydrogen) atoms. The Morgan fingerprint density at radius 2 is 1.66 bits per heavy atom. The molecule has 9 atom stereocenters. The third kappa shape index (κ3) is 5.58. The van der Waals surface area contributed by atoms with Gasteiger partial charge in [0.15, 0.2) is 0 Å². The molecule has 0 heterocycles. The summed E-state index contributed by atoms with van der Waals surface area (Å²) in [6.07, 6.45) is 16.7. The summed E-state index contributed by atoms with van der Waals surface area (Å²) in [5.41, 5.74) is 1.09. The van der Waals surface area contributed by atoms with Crippen molar-refractivity contribution in [2.75, 3.05) is 20.3 Å². The zero-order chi connectivity index (χ0) is 25.2. The SMILES string of the molecule is CNC(=O)OCCO[C@H]1CC[C@@]2(C)[C@@H](CC[C@@H]3[C@@H]2CC[C@]2(C)[C@@H]([C@@H](C)CCCC(C)C)CC[C@@H]32)C1. The molecule has 4 saturated carbocycles. The summed E-state index contributed by atoms with van der Waals surface area (Å²) in [6.45, 7) is 13.6. The molecule has 202 valence electrons. The first-order chi connectivity index (χ1) is 16.7. The first-order valence-corrected chi connectivity index (χ1v) is 15.1. The fraction of sp³-hybridized carbons (Fsp3) is 0.968. The van der Waals surface area contributed by atoms with Crippen LogP contribution in [0.1, 0.15) is 112 Å². The van der Waals surface area contributed by atoms with Crippen molar-refractivity contribution < 1.29 is 14.3 Å². The van der Waals surface area contributed by atoms with Gasteiger partial charge in [0.05, 0.1) is 12.7 Å². The predicted octanol–water partition coefficient (Wildman–Crippen LogP) is 7.85. The highest BCUT2D eigenvalue weighted by Gasteiger charge is 2.60. The average molecular weight is 490 g/mol. The van der Waals surface area contributed by atoms with Crippen LogP contribution in [0.4, 0.5) is 4.79 Å². The molecular formula is C31H55NO3. The van der Waals surface area contributed by atoms with Crippen molar-refractivity contribution in [2.45, 2.75) is 118 Å². The van der Waals surface area contributed by atoms with Gasteiger partial charge < -0.3 is 14.8 Å². The predicted molar refractivity (Wildman–Crippen MR) is 143 cm³/mol. The first-order valence-electron chi connectivity index (χ1n) is 15.1. The number of carbonyl (C=O) groups excluding carboxylic acids is 1. The van der Waals surface area contributed by atoms with Gasteiger partial charge in [-0.25, -0.2) is 4.79 Å². The second-order valence-corrected chi connectivity index (χ2v) is 13.8. The highest BCUT2D eigenvalue weighted by atomic mass is 16.6. The molecule has 4 nitrogen and oxygen atoms in total. The number of fused-ring (bicyclic) bond motifs is 5. The number of carbonyl (C=O) groups is 1. The lowest BCUT2D eigenvalue weighted by Crippen LogP contribution is -2.54. The van der Waals surface area contributed by atoms with Crippen LogP contribution in [0.5, 0.6) is 0 Å². The molecule has 0 spiro atoms. The maximum Gasteiger partial charge on any atom is 0.406 e. The van der Waals surface area contributed by atoms with Crippen molar-refractivity contribution >= 4 is 6.09 Å². The lowest BCUT2D eigenvalue weighted by Gasteiger charge is -2.61. The summed E-state index contributed by atoms with van der Waals surface area (Å²) in [5, 5.41) is 2.50. The Hall–Kier alpha value is -0.770. The van der Waals surface area contributed by atoms with E-state index in [4.69, 9.17) is 9.47 Å². The summed E-state index contributed by atoms with van der Waals surface area (Å²) in [6, 6.07) is 0. The molecule has 4 heteroatoms. The van der Waals surface area contributed by atoms with Gasteiger partial charge in [-0.15, -0.1) is 0 Å². The molecule has 0 aromatic carbocycles. The summed E-state index contributed by atoms with van der Waals surface area (Å²) in [4.78, 5) is 11.3. The van der Waals surface area contributed by atoms with Crippen molar-refractivity contribution in [1.82, 2.24) is 5.32 Å². The molecule has 4 rings (SSSR count). The smallest absolute Gasteiger partial charge is 0.406 e. The molecule has 4 aliphatic carbocycles. The number of amides is 1. The number of nitrogens with one attached hydrogen (secondary N) is 1. The minimum atomic E-state index is -0.369. The summed E-state index contributed by atoms with van der Waals surface area (Å²) in [7, 11) is 1.59. The molecule has 0 aromatic heterocycles. The second-order valence-electron chi connectivity index (χ2n) is 13.8. The lowest BCUT2D eigenvalue weighted by atomic mass is 9.44. The summed E-state index contributed by atoms with van der Waals surface area (Å²) < 4.78 is 11.3. The minimum Gasteiger partial charge on any atom is -0.447 e. The van der Waals surface area contributed by atoms with E-state index in [-0.39, 0.29) is 6.09 Å². The van der Waals surface area contributed by atoms with Gasteiger partial charge in [0.1, 0.15) is 6.61 Å². The van der Waals surface area contributed by atoms with E-state index in [1.165, 1.54) is 77.0 Å². The molecular weight excluding hydrogens is 434 g/mol. The van der Waals surface area contributed by atoms with Crippen molar-refractivity contribution in [3.05, 3.63) is 0 Å². The fourth-order valence-corrected chi connectivity index (χ4v) is 9.82. The van der Waals surface area contributed by atoms with E-state index in [0.717, 1.165) is 41.4 Å². The molecule has 0 bridgehead atoms. The van der Waals surface area contributed by atoms with Crippen molar-refractivity contribution in [3.8, 4) is 0 Å². The molecule has 4 fully saturated rings. The molecule has 0 saturated heterocycles. The second kappa shape index (κ2) is 11.3. The van der Waals surface area contributed by atoms with Gasteiger partial charge in [-0.05, 0) is 110 Å². The van der Waals surface area contributed by atoms with E-state index in [2.05, 4.69) is 39.9 Å². The number of hydrogen-bond donors (Lipinski definition) is 1. The van der Waals surface area contributed by atoms with E-state index in [1.807, 2.05) is 0 Å². The largest absolute Gasteiger partial charge is 0.447 e. The third-order valence-electron chi connectivity index (χ3n) is 11.7. The molecule has 0 radical (unpaired) electrons. The monoisotopic (exact) mass is 489 g/mol. The Balaban J connectivity index is 1.33. The Labute approximate surface area is 216 Å². The maximum atomic E-state index is 11.3. The average Bonchev–Trinajstić information content (AvgIpc) is 3.18.